The van der Waals surface area contributed by atoms with E-state index in [-0.39, 0.29) is 0 Å². The zero-order chi connectivity index (χ0) is 13.9. The first kappa shape index (κ1) is 13.6. The Morgan fingerprint density at radius 3 is 2.50 bits per heavy atom. The number of hydrogen-bond acceptors (Lipinski definition) is 4. The molecule has 1 aliphatic heterocycles. The van der Waals surface area contributed by atoms with Crippen molar-refractivity contribution in [2.45, 2.75) is 25.3 Å². The first-order chi connectivity index (χ1) is 9.81. The number of nitrogens with one attached hydrogen (secondary N) is 2. The molecule has 20 heavy (non-hydrogen) atoms. The van der Waals surface area contributed by atoms with Crippen LogP contribution in [-0.4, -0.2) is 33.4 Å². The second-order valence-electron chi connectivity index (χ2n) is 5.85. The average Bonchev–Trinajstić information content (AvgIpc) is 2.47. The van der Waals surface area contributed by atoms with Gasteiger partial charge in [0.2, 0.25) is 0 Å². The van der Waals surface area contributed by atoms with E-state index in [1.54, 1.807) is 14.2 Å². The Bertz CT molecular complexity index is 442. The van der Waals surface area contributed by atoms with E-state index in [1.165, 1.54) is 19.3 Å². The van der Waals surface area contributed by atoms with E-state index in [2.05, 4.69) is 16.7 Å². The van der Waals surface area contributed by atoms with Crippen LogP contribution in [-0.2, 0) is 0 Å². The number of hydrogen-bond donors (Lipinski definition) is 2. The fraction of sp³-hybridized carbons (Fsp3) is 0.625. The highest BCUT2D eigenvalue weighted by molar-refractivity contribution is 5.60. The quantitative estimate of drug-likeness (QED) is 0.887. The van der Waals surface area contributed by atoms with Gasteiger partial charge in [0.1, 0.15) is 11.5 Å². The lowest BCUT2D eigenvalue weighted by Crippen LogP contribution is -2.52. The summed E-state index contributed by atoms with van der Waals surface area (Å²) in [7, 11) is 3.39. The predicted molar refractivity (Wildman–Crippen MR) is 80.7 cm³/mol. The van der Waals surface area contributed by atoms with E-state index in [0.717, 1.165) is 42.1 Å². The van der Waals surface area contributed by atoms with Gasteiger partial charge >= 0.3 is 0 Å². The Hall–Kier alpha value is -1.42. The molecule has 1 aliphatic carbocycles. The zero-order valence-electron chi connectivity index (χ0n) is 12.3. The summed E-state index contributed by atoms with van der Waals surface area (Å²) in [4.78, 5) is 0. The number of rotatable bonds is 4. The fourth-order valence-corrected chi connectivity index (χ4v) is 3.63. The molecular weight excluding hydrogens is 252 g/mol. The summed E-state index contributed by atoms with van der Waals surface area (Å²) in [6.45, 7) is 2.26. The molecule has 0 spiro atoms. The molecule has 2 bridgehead atoms. The van der Waals surface area contributed by atoms with Crippen LogP contribution in [0.1, 0.15) is 19.3 Å². The summed E-state index contributed by atoms with van der Waals surface area (Å²) >= 11 is 0. The normalized spacial score (nSPS) is 28.8. The van der Waals surface area contributed by atoms with Gasteiger partial charge in [0, 0.05) is 12.1 Å². The highest BCUT2D eigenvalue weighted by Gasteiger charge is 2.36. The lowest BCUT2D eigenvalue weighted by atomic mass is 9.74. The summed E-state index contributed by atoms with van der Waals surface area (Å²) in [5.74, 6) is 3.16. The van der Waals surface area contributed by atoms with Crippen molar-refractivity contribution in [3.05, 3.63) is 18.2 Å². The van der Waals surface area contributed by atoms with Crippen molar-refractivity contribution in [3.63, 3.8) is 0 Å². The molecule has 3 rings (SSSR count). The molecule has 0 unspecified atom stereocenters. The molecule has 1 saturated carbocycles. The number of ether oxygens (including phenoxy) is 2. The lowest BCUT2D eigenvalue weighted by Gasteiger charge is -2.43. The maximum Gasteiger partial charge on any atom is 0.145 e. The Labute approximate surface area is 120 Å². The average molecular weight is 276 g/mol. The standard InChI is InChI=1S/C16H24N2O2/c1-19-13-6-7-14(15(8-13)20-2)18-16-11-4-3-5-12(16)10-17-9-11/h6-8,11-12,16-18H,3-5,9-10H2,1-2H3/t11-,12-/m0/s1. The first-order valence-electron chi connectivity index (χ1n) is 7.51. The molecule has 2 fully saturated rings. The first-order valence-corrected chi connectivity index (χ1v) is 7.51. The van der Waals surface area contributed by atoms with Crippen LogP contribution < -0.4 is 20.1 Å². The minimum absolute atomic E-state index is 0.562. The van der Waals surface area contributed by atoms with Crippen molar-refractivity contribution < 1.29 is 9.47 Å². The van der Waals surface area contributed by atoms with E-state index in [0.29, 0.717) is 6.04 Å². The van der Waals surface area contributed by atoms with Crippen LogP contribution in [0.15, 0.2) is 18.2 Å². The summed E-state index contributed by atoms with van der Waals surface area (Å²) in [5.41, 5.74) is 1.08. The monoisotopic (exact) mass is 276 g/mol. The second kappa shape index (κ2) is 5.92. The number of anilines is 1. The van der Waals surface area contributed by atoms with Gasteiger partial charge in [-0.3, -0.25) is 0 Å². The molecule has 1 heterocycles. The van der Waals surface area contributed by atoms with Gasteiger partial charge in [0.05, 0.1) is 19.9 Å². The van der Waals surface area contributed by atoms with E-state index >= 15 is 0 Å². The molecule has 1 aromatic rings. The van der Waals surface area contributed by atoms with Crippen molar-refractivity contribution in [1.82, 2.24) is 5.32 Å². The van der Waals surface area contributed by atoms with Crippen molar-refractivity contribution in [3.8, 4) is 11.5 Å². The smallest absolute Gasteiger partial charge is 0.145 e. The molecule has 1 saturated heterocycles. The highest BCUT2D eigenvalue weighted by Crippen LogP contribution is 2.37. The SMILES string of the molecule is COc1ccc(NC2[C@H]3CCC[C@H]2CNC3)c(OC)c1. The van der Waals surface area contributed by atoms with Crippen molar-refractivity contribution in [2.75, 3.05) is 32.6 Å². The third-order valence-corrected chi connectivity index (χ3v) is 4.71. The molecule has 0 amide bonds. The van der Waals surface area contributed by atoms with E-state index < -0.39 is 0 Å². The van der Waals surface area contributed by atoms with Gasteiger partial charge in [0.15, 0.2) is 0 Å². The van der Waals surface area contributed by atoms with Crippen LogP contribution in [0.3, 0.4) is 0 Å². The molecular formula is C16H24N2O2. The van der Waals surface area contributed by atoms with Crippen LogP contribution in [0, 0.1) is 11.8 Å². The minimum Gasteiger partial charge on any atom is -0.497 e. The maximum absolute atomic E-state index is 5.49. The summed E-state index contributed by atoms with van der Waals surface area (Å²) in [5, 5.41) is 7.29. The number of benzene rings is 1. The zero-order valence-corrected chi connectivity index (χ0v) is 12.3. The van der Waals surface area contributed by atoms with E-state index in [1.807, 2.05) is 12.1 Å². The molecule has 110 valence electrons. The van der Waals surface area contributed by atoms with Gasteiger partial charge in [-0.15, -0.1) is 0 Å². The molecule has 4 nitrogen and oxygen atoms in total. The van der Waals surface area contributed by atoms with Crippen molar-refractivity contribution >= 4 is 5.69 Å². The molecule has 2 atom stereocenters. The number of piperidine rings is 1. The maximum atomic E-state index is 5.49. The molecule has 0 radical (unpaired) electrons. The largest absolute Gasteiger partial charge is 0.497 e. The summed E-state index contributed by atoms with van der Waals surface area (Å²) < 4.78 is 10.8. The van der Waals surface area contributed by atoms with Gasteiger partial charge < -0.3 is 20.1 Å². The van der Waals surface area contributed by atoms with Crippen LogP contribution >= 0.6 is 0 Å². The Balaban J connectivity index is 1.79. The second-order valence-corrected chi connectivity index (χ2v) is 5.85. The molecule has 1 aromatic carbocycles. The van der Waals surface area contributed by atoms with Gasteiger partial charge in [-0.2, -0.15) is 0 Å². The van der Waals surface area contributed by atoms with Crippen LogP contribution in [0.2, 0.25) is 0 Å². The van der Waals surface area contributed by atoms with Gasteiger partial charge in [-0.05, 0) is 49.9 Å². The Morgan fingerprint density at radius 1 is 1.10 bits per heavy atom. The molecule has 2 aliphatic rings. The van der Waals surface area contributed by atoms with Crippen molar-refractivity contribution in [2.24, 2.45) is 11.8 Å². The molecule has 2 N–H and O–H groups in total. The third-order valence-electron chi connectivity index (χ3n) is 4.71. The van der Waals surface area contributed by atoms with Gasteiger partial charge in [-0.1, -0.05) is 6.42 Å². The molecule has 4 heteroatoms. The minimum atomic E-state index is 0.562. The summed E-state index contributed by atoms with van der Waals surface area (Å²) in [6, 6.07) is 6.56. The van der Waals surface area contributed by atoms with Crippen molar-refractivity contribution in [1.29, 1.82) is 0 Å². The fourth-order valence-electron chi connectivity index (χ4n) is 3.63. The molecule has 0 aromatic heterocycles. The van der Waals surface area contributed by atoms with Gasteiger partial charge in [0.25, 0.3) is 0 Å². The van der Waals surface area contributed by atoms with Crippen LogP contribution in [0.5, 0.6) is 11.5 Å². The van der Waals surface area contributed by atoms with Gasteiger partial charge in [-0.25, -0.2) is 0 Å². The van der Waals surface area contributed by atoms with Crippen LogP contribution in [0.4, 0.5) is 5.69 Å². The van der Waals surface area contributed by atoms with E-state index in [4.69, 9.17) is 9.47 Å². The van der Waals surface area contributed by atoms with E-state index in [9.17, 15) is 0 Å². The third kappa shape index (κ3) is 2.57. The Kier molecular flexibility index (Phi) is 4.01. The predicted octanol–water partition coefficient (Wildman–Crippen LogP) is 2.50. The topological polar surface area (TPSA) is 42.5 Å². The summed E-state index contributed by atoms with van der Waals surface area (Å²) in [6.07, 6.45) is 4.01. The highest BCUT2D eigenvalue weighted by atomic mass is 16.5. The number of methoxy groups -OCH3 is 2. The number of fused-ring (bicyclic) bond motifs is 2. The Morgan fingerprint density at radius 2 is 1.85 bits per heavy atom. The van der Waals surface area contributed by atoms with Crippen LogP contribution in [0.25, 0.3) is 0 Å². The lowest BCUT2D eigenvalue weighted by molar-refractivity contribution is 0.182.